The number of nitrogens with zero attached hydrogens (tertiary/aromatic N) is 1. The lowest BCUT2D eigenvalue weighted by atomic mass is 9.97. The number of carbonyl (C=O) groups is 1. The van der Waals surface area contributed by atoms with E-state index in [1.54, 1.807) is 6.92 Å². The van der Waals surface area contributed by atoms with E-state index in [0.717, 1.165) is 25.9 Å². The molecule has 2 heteroatoms. The molecular weight excluding hydrogens is 210 g/mol. The second-order valence-corrected chi connectivity index (χ2v) is 4.96. The number of ketones is 1. The quantitative estimate of drug-likeness (QED) is 0.793. The Labute approximate surface area is 104 Å². The molecule has 2 unspecified atom stereocenters. The first kappa shape index (κ1) is 12.3. The van der Waals surface area contributed by atoms with Gasteiger partial charge >= 0.3 is 0 Å². The molecular formula is C15H21NO. The van der Waals surface area contributed by atoms with E-state index in [4.69, 9.17) is 0 Å². The Balaban J connectivity index is 2.16. The Bertz CT molecular complexity index is 374. The third-order valence-corrected chi connectivity index (χ3v) is 3.67. The molecule has 1 fully saturated rings. The predicted molar refractivity (Wildman–Crippen MR) is 69.8 cm³/mol. The van der Waals surface area contributed by atoms with Crippen molar-refractivity contribution >= 4 is 5.78 Å². The number of likely N-dealkylation sites (tertiary alicyclic amines) is 1. The predicted octanol–water partition coefficient (Wildman–Crippen LogP) is 3.05. The average molecular weight is 231 g/mol. The van der Waals surface area contributed by atoms with E-state index in [0.29, 0.717) is 11.8 Å². The summed E-state index contributed by atoms with van der Waals surface area (Å²) in [5.41, 5.74) is 1.35. The van der Waals surface area contributed by atoms with Crippen LogP contribution < -0.4 is 0 Å². The number of rotatable bonds is 4. The highest BCUT2D eigenvalue weighted by Gasteiger charge is 2.34. The van der Waals surface area contributed by atoms with Crippen LogP contribution in [0.5, 0.6) is 0 Å². The SMILES string of the molecule is CCCN1CC(C(C)=O)CC1c1ccccc1. The van der Waals surface area contributed by atoms with Gasteiger partial charge in [-0.15, -0.1) is 0 Å². The molecule has 1 aromatic rings. The van der Waals surface area contributed by atoms with Crippen molar-refractivity contribution in [3.8, 4) is 0 Å². The molecule has 2 nitrogen and oxygen atoms in total. The van der Waals surface area contributed by atoms with Crippen molar-refractivity contribution in [1.29, 1.82) is 0 Å². The molecule has 2 atom stereocenters. The summed E-state index contributed by atoms with van der Waals surface area (Å²) >= 11 is 0. The molecule has 17 heavy (non-hydrogen) atoms. The lowest BCUT2D eigenvalue weighted by Crippen LogP contribution is -2.25. The molecule has 0 bridgehead atoms. The zero-order chi connectivity index (χ0) is 12.3. The van der Waals surface area contributed by atoms with Gasteiger partial charge in [-0.05, 0) is 31.9 Å². The third-order valence-electron chi connectivity index (χ3n) is 3.67. The van der Waals surface area contributed by atoms with E-state index in [9.17, 15) is 4.79 Å². The number of Topliss-reactive ketones (excluding diaryl/α,β-unsaturated/α-hetero) is 1. The molecule has 0 aliphatic carbocycles. The highest BCUT2D eigenvalue weighted by Crippen LogP contribution is 2.35. The minimum Gasteiger partial charge on any atom is -0.300 e. The monoisotopic (exact) mass is 231 g/mol. The Morgan fingerprint density at radius 1 is 1.35 bits per heavy atom. The Kier molecular flexibility index (Phi) is 3.95. The van der Waals surface area contributed by atoms with E-state index in [1.165, 1.54) is 5.56 Å². The van der Waals surface area contributed by atoms with Crippen molar-refractivity contribution in [2.24, 2.45) is 5.92 Å². The molecule has 0 N–H and O–H groups in total. The van der Waals surface area contributed by atoms with E-state index in [1.807, 2.05) is 6.07 Å². The fourth-order valence-electron chi connectivity index (χ4n) is 2.75. The minimum absolute atomic E-state index is 0.228. The number of hydrogen-bond donors (Lipinski definition) is 0. The van der Waals surface area contributed by atoms with Crippen LogP contribution in [0.15, 0.2) is 30.3 Å². The van der Waals surface area contributed by atoms with Gasteiger partial charge in [-0.2, -0.15) is 0 Å². The maximum Gasteiger partial charge on any atom is 0.134 e. The van der Waals surface area contributed by atoms with Crippen LogP contribution in [-0.4, -0.2) is 23.8 Å². The number of carbonyl (C=O) groups excluding carboxylic acids is 1. The molecule has 1 saturated heterocycles. The number of hydrogen-bond acceptors (Lipinski definition) is 2. The van der Waals surface area contributed by atoms with E-state index in [2.05, 4.69) is 36.1 Å². The summed E-state index contributed by atoms with van der Waals surface area (Å²) < 4.78 is 0. The van der Waals surface area contributed by atoms with E-state index in [-0.39, 0.29) is 5.92 Å². The molecule has 0 amide bonds. The van der Waals surface area contributed by atoms with E-state index < -0.39 is 0 Å². The topological polar surface area (TPSA) is 20.3 Å². The fourth-order valence-corrected chi connectivity index (χ4v) is 2.75. The largest absolute Gasteiger partial charge is 0.300 e. The van der Waals surface area contributed by atoms with Gasteiger partial charge in [0.1, 0.15) is 5.78 Å². The lowest BCUT2D eigenvalue weighted by molar-refractivity contribution is -0.120. The zero-order valence-electron chi connectivity index (χ0n) is 10.7. The average Bonchev–Trinajstić information content (AvgIpc) is 2.75. The van der Waals surface area contributed by atoms with Gasteiger partial charge in [0, 0.05) is 18.5 Å². The molecule has 92 valence electrons. The summed E-state index contributed by atoms with van der Waals surface area (Å²) in [6, 6.07) is 11.0. The molecule has 1 aliphatic rings. The van der Waals surface area contributed by atoms with Crippen LogP contribution >= 0.6 is 0 Å². The summed E-state index contributed by atoms with van der Waals surface area (Å²) in [4.78, 5) is 14.0. The maximum atomic E-state index is 11.5. The standard InChI is InChI=1S/C15H21NO/c1-3-9-16-11-14(12(2)17)10-15(16)13-7-5-4-6-8-13/h4-8,14-15H,3,9-11H2,1-2H3. The molecule has 1 aromatic carbocycles. The van der Waals surface area contributed by atoms with Gasteiger partial charge in [-0.1, -0.05) is 37.3 Å². The number of benzene rings is 1. The van der Waals surface area contributed by atoms with Crippen LogP contribution in [0.2, 0.25) is 0 Å². The molecule has 0 saturated carbocycles. The molecule has 2 rings (SSSR count). The first-order chi connectivity index (χ1) is 8.22. The summed E-state index contributed by atoms with van der Waals surface area (Å²) in [6.07, 6.45) is 2.13. The summed E-state index contributed by atoms with van der Waals surface area (Å²) in [5, 5.41) is 0. The van der Waals surface area contributed by atoms with Gasteiger partial charge in [-0.25, -0.2) is 0 Å². The highest BCUT2D eigenvalue weighted by atomic mass is 16.1. The molecule has 0 aromatic heterocycles. The maximum absolute atomic E-state index is 11.5. The Morgan fingerprint density at radius 2 is 2.06 bits per heavy atom. The minimum atomic E-state index is 0.228. The Hall–Kier alpha value is -1.15. The van der Waals surface area contributed by atoms with Crippen LogP contribution in [0.4, 0.5) is 0 Å². The van der Waals surface area contributed by atoms with Crippen molar-refractivity contribution in [2.75, 3.05) is 13.1 Å². The van der Waals surface area contributed by atoms with Gasteiger partial charge in [0.05, 0.1) is 0 Å². The van der Waals surface area contributed by atoms with Crippen LogP contribution in [0.25, 0.3) is 0 Å². The van der Waals surface area contributed by atoms with Crippen molar-refractivity contribution < 1.29 is 4.79 Å². The van der Waals surface area contributed by atoms with Gasteiger partial charge in [0.15, 0.2) is 0 Å². The van der Waals surface area contributed by atoms with Gasteiger partial charge in [0.2, 0.25) is 0 Å². The van der Waals surface area contributed by atoms with Crippen LogP contribution in [0.3, 0.4) is 0 Å². The summed E-state index contributed by atoms with van der Waals surface area (Å²) in [7, 11) is 0. The van der Waals surface area contributed by atoms with Crippen molar-refractivity contribution in [1.82, 2.24) is 4.90 Å². The molecule has 0 radical (unpaired) electrons. The molecule has 1 aliphatic heterocycles. The highest BCUT2D eigenvalue weighted by molar-refractivity contribution is 5.79. The third kappa shape index (κ3) is 2.75. The van der Waals surface area contributed by atoms with Gasteiger partial charge in [0.25, 0.3) is 0 Å². The summed E-state index contributed by atoms with van der Waals surface area (Å²) in [6.45, 7) is 5.94. The second kappa shape index (κ2) is 5.46. The summed E-state index contributed by atoms with van der Waals surface area (Å²) in [5.74, 6) is 0.566. The lowest BCUT2D eigenvalue weighted by Gasteiger charge is -2.23. The molecule has 1 heterocycles. The molecule has 0 spiro atoms. The van der Waals surface area contributed by atoms with Crippen LogP contribution in [0, 0.1) is 5.92 Å². The van der Waals surface area contributed by atoms with Crippen molar-refractivity contribution in [2.45, 2.75) is 32.7 Å². The normalized spacial score (nSPS) is 25.1. The fraction of sp³-hybridized carbons (Fsp3) is 0.533. The smallest absolute Gasteiger partial charge is 0.134 e. The van der Waals surface area contributed by atoms with Gasteiger partial charge < -0.3 is 0 Å². The van der Waals surface area contributed by atoms with Crippen LogP contribution in [0.1, 0.15) is 38.3 Å². The first-order valence-corrected chi connectivity index (χ1v) is 6.51. The van der Waals surface area contributed by atoms with Crippen LogP contribution in [-0.2, 0) is 4.79 Å². The first-order valence-electron chi connectivity index (χ1n) is 6.51. The zero-order valence-corrected chi connectivity index (χ0v) is 10.7. The van der Waals surface area contributed by atoms with Crippen molar-refractivity contribution in [3.05, 3.63) is 35.9 Å². The van der Waals surface area contributed by atoms with E-state index >= 15 is 0 Å². The van der Waals surface area contributed by atoms with Gasteiger partial charge in [-0.3, -0.25) is 9.69 Å². The second-order valence-electron chi connectivity index (χ2n) is 4.96. The van der Waals surface area contributed by atoms with Crippen molar-refractivity contribution in [3.63, 3.8) is 0 Å². The Morgan fingerprint density at radius 3 is 2.65 bits per heavy atom.